The molecule has 1 N–H and O–H groups in total. The third kappa shape index (κ3) is 8.03. The normalized spacial score (nSPS) is 13.9. The van der Waals surface area contributed by atoms with E-state index in [1.54, 1.807) is 7.11 Å². The van der Waals surface area contributed by atoms with Gasteiger partial charge in [-0.15, -0.1) is 0 Å². The van der Waals surface area contributed by atoms with Crippen molar-refractivity contribution in [2.24, 2.45) is 0 Å². The number of ether oxygens (including phenoxy) is 3. The highest BCUT2D eigenvalue weighted by molar-refractivity contribution is 5.43. The van der Waals surface area contributed by atoms with E-state index in [4.69, 9.17) is 14.2 Å². The Kier molecular flexibility index (Phi) is 12.0. The number of benzene rings is 2. The first-order chi connectivity index (χ1) is 13.3. The van der Waals surface area contributed by atoms with E-state index in [1.165, 1.54) is 16.7 Å². The lowest BCUT2D eigenvalue weighted by Crippen LogP contribution is -3.00. The summed E-state index contributed by atoms with van der Waals surface area (Å²) in [6, 6.07) is 14.4. The van der Waals surface area contributed by atoms with Crippen molar-refractivity contribution < 1.29 is 39.0 Å². The Bertz CT molecular complexity index is 725. The van der Waals surface area contributed by atoms with Crippen LogP contribution in [0.25, 0.3) is 0 Å². The molecule has 0 atom stereocenters. The van der Waals surface area contributed by atoms with Gasteiger partial charge in [0.25, 0.3) is 0 Å². The summed E-state index contributed by atoms with van der Waals surface area (Å²) in [6.07, 6.45) is 0. The monoisotopic (exact) mass is 440 g/mol. The van der Waals surface area contributed by atoms with E-state index >= 15 is 0 Å². The largest absolute Gasteiger partial charge is 1.00 e. The van der Waals surface area contributed by atoms with Crippen molar-refractivity contribution in [3.63, 3.8) is 0 Å². The van der Waals surface area contributed by atoms with Gasteiger partial charge in [0.1, 0.15) is 6.61 Å². The molecule has 5 nitrogen and oxygen atoms in total. The molecule has 1 heterocycles. The zero-order chi connectivity index (χ0) is 18.9. The van der Waals surface area contributed by atoms with Crippen molar-refractivity contribution >= 4 is 0 Å². The molecular weight excluding hydrogens is 411 g/mol. The molecule has 1 saturated heterocycles. The first-order valence-corrected chi connectivity index (χ1v) is 9.61. The smallest absolute Gasteiger partial charge is 0.161 e. The minimum absolute atomic E-state index is 0. The van der Waals surface area contributed by atoms with Crippen LogP contribution in [0.5, 0.6) is 11.5 Å². The van der Waals surface area contributed by atoms with Crippen LogP contribution in [-0.4, -0.2) is 51.4 Å². The lowest BCUT2D eigenvalue weighted by atomic mass is 10.1. The van der Waals surface area contributed by atoms with Gasteiger partial charge in [-0.25, -0.2) is 0 Å². The standard InChI is InChI=1S/C22H30N2O3.2ClH/c1-18-5-3-4-6-20(18)17-27-21-8-7-19(15-22(21)25-2)16-23-9-10-24-11-13-26-14-12-24;;/h3-8,15,23H,9-14,16-17H2,1-2H3;2*1H/p-2. The first kappa shape index (κ1) is 25.5. The summed E-state index contributed by atoms with van der Waals surface area (Å²) in [5.41, 5.74) is 3.61. The molecule has 3 rings (SSSR count). The van der Waals surface area contributed by atoms with Crippen LogP contribution in [0.3, 0.4) is 0 Å². The summed E-state index contributed by atoms with van der Waals surface area (Å²) >= 11 is 0. The molecule has 1 aliphatic heterocycles. The zero-order valence-corrected chi connectivity index (χ0v) is 18.6. The van der Waals surface area contributed by atoms with E-state index in [9.17, 15) is 0 Å². The third-order valence-corrected chi connectivity index (χ3v) is 4.91. The van der Waals surface area contributed by atoms with Gasteiger partial charge in [0.15, 0.2) is 11.5 Å². The molecule has 0 unspecified atom stereocenters. The average molecular weight is 441 g/mol. The molecule has 162 valence electrons. The summed E-state index contributed by atoms with van der Waals surface area (Å²) in [7, 11) is 1.69. The fourth-order valence-corrected chi connectivity index (χ4v) is 3.16. The molecule has 0 radical (unpaired) electrons. The maximum absolute atomic E-state index is 5.99. The lowest BCUT2D eigenvalue weighted by molar-refractivity contribution is -0.001000. The van der Waals surface area contributed by atoms with Crippen molar-refractivity contribution in [2.75, 3.05) is 46.5 Å². The van der Waals surface area contributed by atoms with Crippen LogP contribution >= 0.6 is 0 Å². The number of rotatable bonds is 9. The number of morpholine rings is 1. The zero-order valence-electron chi connectivity index (χ0n) is 17.1. The quantitative estimate of drug-likeness (QED) is 0.421. The Morgan fingerprint density at radius 2 is 1.79 bits per heavy atom. The van der Waals surface area contributed by atoms with Crippen molar-refractivity contribution in [2.45, 2.75) is 20.1 Å². The average Bonchev–Trinajstić information content (AvgIpc) is 2.72. The lowest BCUT2D eigenvalue weighted by Gasteiger charge is -2.26. The summed E-state index contributed by atoms with van der Waals surface area (Å²) < 4.78 is 16.9. The van der Waals surface area contributed by atoms with Gasteiger partial charge in [-0.3, -0.25) is 4.90 Å². The molecule has 2 aromatic carbocycles. The second kappa shape index (κ2) is 13.7. The van der Waals surface area contributed by atoms with Gasteiger partial charge >= 0.3 is 0 Å². The van der Waals surface area contributed by atoms with Crippen LogP contribution in [0.1, 0.15) is 16.7 Å². The molecule has 0 bridgehead atoms. The molecule has 1 aliphatic rings. The minimum atomic E-state index is 0. The maximum Gasteiger partial charge on any atom is 0.161 e. The molecule has 7 heteroatoms. The summed E-state index contributed by atoms with van der Waals surface area (Å²) in [5.74, 6) is 1.55. The number of hydrogen-bond donors (Lipinski definition) is 1. The Hall–Kier alpha value is -1.50. The summed E-state index contributed by atoms with van der Waals surface area (Å²) in [6.45, 7) is 9.24. The second-order valence-corrected chi connectivity index (χ2v) is 6.83. The van der Waals surface area contributed by atoms with Crippen LogP contribution in [0.2, 0.25) is 0 Å². The van der Waals surface area contributed by atoms with Gasteiger partial charge in [0.2, 0.25) is 0 Å². The van der Waals surface area contributed by atoms with Gasteiger partial charge in [0.05, 0.1) is 20.3 Å². The number of hydrogen-bond acceptors (Lipinski definition) is 5. The van der Waals surface area contributed by atoms with Crippen molar-refractivity contribution in [3.8, 4) is 11.5 Å². The number of halogens is 2. The highest BCUT2D eigenvalue weighted by Crippen LogP contribution is 2.29. The Morgan fingerprint density at radius 3 is 2.52 bits per heavy atom. The third-order valence-electron chi connectivity index (χ3n) is 4.91. The number of aryl methyl sites for hydroxylation is 1. The summed E-state index contributed by atoms with van der Waals surface area (Å²) in [5, 5.41) is 3.51. The Balaban J connectivity index is 0.00000210. The molecule has 0 spiro atoms. The van der Waals surface area contributed by atoms with E-state index in [-0.39, 0.29) is 24.8 Å². The molecule has 1 fully saturated rings. The van der Waals surface area contributed by atoms with E-state index in [2.05, 4.69) is 41.4 Å². The molecule has 0 aromatic heterocycles. The predicted octanol–water partition coefficient (Wildman–Crippen LogP) is -2.99. The van der Waals surface area contributed by atoms with E-state index in [0.29, 0.717) is 6.61 Å². The Labute approximate surface area is 186 Å². The highest BCUT2D eigenvalue weighted by Gasteiger charge is 2.10. The summed E-state index contributed by atoms with van der Waals surface area (Å²) in [4.78, 5) is 2.43. The molecule has 0 saturated carbocycles. The fourth-order valence-electron chi connectivity index (χ4n) is 3.16. The maximum atomic E-state index is 5.99. The van der Waals surface area contributed by atoms with Crippen LogP contribution in [0.4, 0.5) is 0 Å². The van der Waals surface area contributed by atoms with E-state index < -0.39 is 0 Å². The molecular formula is C22H30Cl2N2O3-2. The molecule has 0 aliphatic carbocycles. The molecule has 0 amide bonds. The van der Waals surface area contributed by atoms with Crippen LogP contribution in [0, 0.1) is 6.92 Å². The van der Waals surface area contributed by atoms with Crippen molar-refractivity contribution in [1.82, 2.24) is 10.2 Å². The van der Waals surface area contributed by atoms with Gasteiger partial charge in [-0.1, -0.05) is 30.3 Å². The predicted molar refractivity (Wildman–Crippen MR) is 107 cm³/mol. The second-order valence-electron chi connectivity index (χ2n) is 6.83. The molecule has 2 aromatic rings. The van der Waals surface area contributed by atoms with Crippen LogP contribution < -0.4 is 39.6 Å². The topological polar surface area (TPSA) is 43.0 Å². The number of nitrogens with zero attached hydrogens (tertiary/aromatic N) is 1. The van der Waals surface area contributed by atoms with Gasteiger partial charge < -0.3 is 44.3 Å². The van der Waals surface area contributed by atoms with Crippen molar-refractivity contribution in [3.05, 3.63) is 59.2 Å². The van der Waals surface area contributed by atoms with E-state index in [1.807, 2.05) is 18.2 Å². The SMILES string of the molecule is COc1cc(CNCCN2CCOCC2)ccc1OCc1ccccc1C.[Cl-].[Cl-]. The van der Waals surface area contributed by atoms with Crippen LogP contribution in [0.15, 0.2) is 42.5 Å². The fraction of sp³-hybridized carbons (Fsp3) is 0.455. The number of nitrogens with one attached hydrogen (secondary N) is 1. The Morgan fingerprint density at radius 1 is 1.03 bits per heavy atom. The van der Waals surface area contributed by atoms with Crippen molar-refractivity contribution in [1.29, 1.82) is 0 Å². The minimum Gasteiger partial charge on any atom is -1.00 e. The first-order valence-electron chi connectivity index (χ1n) is 9.61. The van der Waals surface area contributed by atoms with Gasteiger partial charge in [0, 0.05) is 32.7 Å². The number of methoxy groups -OCH3 is 1. The van der Waals surface area contributed by atoms with Gasteiger partial charge in [-0.2, -0.15) is 0 Å². The molecule has 29 heavy (non-hydrogen) atoms. The van der Waals surface area contributed by atoms with Gasteiger partial charge in [-0.05, 0) is 35.7 Å². The van der Waals surface area contributed by atoms with E-state index in [0.717, 1.165) is 57.4 Å². The highest BCUT2D eigenvalue weighted by atomic mass is 35.5. The van der Waals surface area contributed by atoms with Crippen LogP contribution in [-0.2, 0) is 17.9 Å².